The Kier molecular flexibility index (Phi) is 7.14. The molecule has 0 spiro atoms. The second-order valence-corrected chi connectivity index (χ2v) is 6.33. The van der Waals surface area contributed by atoms with Crippen molar-refractivity contribution < 1.29 is 4.39 Å². The van der Waals surface area contributed by atoms with Crippen molar-refractivity contribution in [3.05, 3.63) is 82.5 Å². The summed E-state index contributed by atoms with van der Waals surface area (Å²) < 4.78 is 16.6. The molecule has 2 rings (SSSR count). The van der Waals surface area contributed by atoms with E-state index in [1.807, 2.05) is 19.1 Å². The normalized spacial score (nSPS) is 15.6. The van der Waals surface area contributed by atoms with Gasteiger partial charge in [0.05, 0.1) is 11.9 Å². The fraction of sp³-hybridized carbons (Fsp3) is 0.238. The highest BCUT2D eigenvalue weighted by molar-refractivity contribution is 6.00. The van der Waals surface area contributed by atoms with Crippen molar-refractivity contribution >= 4 is 18.1 Å². The van der Waals surface area contributed by atoms with E-state index in [0.29, 0.717) is 12.1 Å². The monoisotopic (exact) mass is 381 g/mol. The minimum absolute atomic E-state index is 0.237. The molecule has 1 aliphatic heterocycles. The van der Waals surface area contributed by atoms with E-state index in [9.17, 15) is 4.79 Å². The van der Waals surface area contributed by atoms with E-state index in [4.69, 9.17) is 0 Å². The second kappa shape index (κ2) is 9.55. The molecule has 1 aliphatic rings. The number of aromatic nitrogens is 2. The topological polar surface area (TPSA) is 62.9 Å². The van der Waals surface area contributed by atoms with Crippen LogP contribution in [0, 0.1) is 0 Å². The first-order chi connectivity index (χ1) is 13.3. The van der Waals surface area contributed by atoms with Gasteiger partial charge in [-0.2, -0.15) is 10.2 Å². The van der Waals surface area contributed by atoms with Gasteiger partial charge in [0, 0.05) is 38.3 Å². The molecule has 1 atom stereocenters. The van der Waals surface area contributed by atoms with E-state index < -0.39 is 11.6 Å². The van der Waals surface area contributed by atoms with E-state index >= 15 is 4.39 Å². The molecule has 7 heteroatoms. The summed E-state index contributed by atoms with van der Waals surface area (Å²) in [7, 11) is 3.52. The SMILES string of the molecule is C=CC(=CC1=C(C)N=CC=CC1)C(F)c1nn(C(=C)C=NN(C)C)ccc1=O. The number of hydrogen-bond acceptors (Lipinski definition) is 5. The van der Waals surface area contributed by atoms with Crippen LogP contribution in [0.2, 0.25) is 0 Å². The molecular formula is C21H24FN5O. The highest BCUT2D eigenvalue weighted by Crippen LogP contribution is 2.26. The smallest absolute Gasteiger partial charge is 0.206 e. The first-order valence-electron chi connectivity index (χ1n) is 8.71. The lowest BCUT2D eigenvalue weighted by molar-refractivity contribution is 0.385. The van der Waals surface area contributed by atoms with Crippen LogP contribution in [0.5, 0.6) is 0 Å². The van der Waals surface area contributed by atoms with Crippen LogP contribution in [0.3, 0.4) is 0 Å². The van der Waals surface area contributed by atoms with Gasteiger partial charge >= 0.3 is 0 Å². The van der Waals surface area contributed by atoms with Crippen molar-refractivity contribution in [2.24, 2.45) is 10.1 Å². The maximum absolute atomic E-state index is 15.2. The molecule has 6 nitrogen and oxygen atoms in total. The first kappa shape index (κ1) is 21.0. The largest absolute Gasteiger partial charge is 0.303 e. The Hall–Kier alpha value is -3.35. The van der Waals surface area contributed by atoms with E-state index in [0.717, 1.165) is 11.3 Å². The van der Waals surface area contributed by atoms with Crippen molar-refractivity contribution in [3.63, 3.8) is 0 Å². The summed E-state index contributed by atoms with van der Waals surface area (Å²) in [6.45, 7) is 9.38. The molecular weight excluding hydrogens is 357 g/mol. The number of nitrogens with zero attached hydrogens (tertiary/aromatic N) is 5. The predicted octanol–water partition coefficient (Wildman–Crippen LogP) is 3.69. The van der Waals surface area contributed by atoms with Crippen LogP contribution >= 0.6 is 0 Å². The molecule has 0 bridgehead atoms. The average Bonchev–Trinajstić information content (AvgIpc) is 2.88. The number of hydrogen-bond donors (Lipinski definition) is 0. The molecule has 0 amide bonds. The summed E-state index contributed by atoms with van der Waals surface area (Å²) in [4.78, 5) is 16.5. The van der Waals surface area contributed by atoms with Crippen LogP contribution in [-0.2, 0) is 0 Å². The van der Waals surface area contributed by atoms with Crippen LogP contribution in [0.25, 0.3) is 5.70 Å². The second-order valence-electron chi connectivity index (χ2n) is 6.33. The Bertz CT molecular complexity index is 963. The number of allylic oxidation sites excluding steroid dienone is 8. The Morgan fingerprint density at radius 1 is 1.46 bits per heavy atom. The fourth-order valence-electron chi connectivity index (χ4n) is 2.40. The zero-order valence-corrected chi connectivity index (χ0v) is 16.3. The predicted molar refractivity (Wildman–Crippen MR) is 113 cm³/mol. The van der Waals surface area contributed by atoms with Crippen molar-refractivity contribution in [1.29, 1.82) is 0 Å². The molecule has 0 aromatic carbocycles. The summed E-state index contributed by atoms with van der Waals surface area (Å²) in [6, 6.07) is 1.26. The molecule has 2 heterocycles. The van der Waals surface area contributed by atoms with Gasteiger partial charge in [0.2, 0.25) is 5.43 Å². The first-order valence-corrected chi connectivity index (χ1v) is 8.71. The van der Waals surface area contributed by atoms with Gasteiger partial charge in [0.15, 0.2) is 6.17 Å². The quantitative estimate of drug-likeness (QED) is 0.411. The van der Waals surface area contributed by atoms with Crippen LogP contribution in [0.4, 0.5) is 4.39 Å². The van der Waals surface area contributed by atoms with Gasteiger partial charge in [0.25, 0.3) is 0 Å². The molecule has 1 unspecified atom stereocenters. The number of halogens is 1. The van der Waals surface area contributed by atoms with Crippen molar-refractivity contribution in [2.45, 2.75) is 19.5 Å². The Balaban J connectivity index is 2.41. The minimum atomic E-state index is -1.73. The van der Waals surface area contributed by atoms with Crippen molar-refractivity contribution in [1.82, 2.24) is 14.8 Å². The third kappa shape index (κ3) is 5.33. The van der Waals surface area contributed by atoms with Gasteiger partial charge in [-0.05, 0) is 30.6 Å². The zero-order chi connectivity index (χ0) is 20.7. The lowest BCUT2D eigenvalue weighted by Crippen LogP contribution is -2.19. The fourth-order valence-corrected chi connectivity index (χ4v) is 2.40. The molecule has 0 saturated carbocycles. The van der Waals surface area contributed by atoms with E-state index in [1.165, 1.54) is 29.2 Å². The van der Waals surface area contributed by atoms with Gasteiger partial charge in [-0.25, -0.2) is 9.07 Å². The highest BCUT2D eigenvalue weighted by atomic mass is 19.1. The lowest BCUT2D eigenvalue weighted by Gasteiger charge is -2.12. The van der Waals surface area contributed by atoms with Crippen LogP contribution < -0.4 is 5.43 Å². The molecule has 0 aliphatic carbocycles. The van der Waals surface area contributed by atoms with Crippen molar-refractivity contribution in [2.75, 3.05) is 14.1 Å². The van der Waals surface area contributed by atoms with E-state index in [-0.39, 0.29) is 11.3 Å². The van der Waals surface area contributed by atoms with E-state index in [2.05, 4.69) is 28.4 Å². The molecule has 28 heavy (non-hydrogen) atoms. The Morgan fingerprint density at radius 2 is 2.21 bits per heavy atom. The summed E-state index contributed by atoms with van der Waals surface area (Å²) >= 11 is 0. The summed E-state index contributed by atoms with van der Waals surface area (Å²) in [6.07, 6.45) is 10.3. The zero-order valence-electron chi connectivity index (χ0n) is 16.3. The molecule has 0 radical (unpaired) electrons. The number of hydrazone groups is 1. The summed E-state index contributed by atoms with van der Waals surface area (Å²) in [5.74, 6) is 0. The lowest BCUT2D eigenvalue weighted by atomic mass is 10.0. The van der Waals surface area contributed by atoms with Crippen LogP contribution in [0.15, 0.2) is 81.5 Å². The van der Waals surface area contributed by atoms with Crippen molar-refractivity contribution in [3.8, 4) is 0 Å². The van der Waals surface area contributed by atoms with Gasteiger partial charge in [-0.15, -0.1) is 0 Å². The molecule has 0 N–H and O–H groups in total. The maximum atomic E-state index is 15.2. The molecule has 1 aromatic rings. The molecule has 146 valence electrons. The number of rotatable bonds is 7. The van der Waals surface area contributed by atoms with Crippen LogP contribution in [-0.4, -0.2) is 41.3 Å². The Labute approximate surface area is 164 Å². The Morgan fingerprint density at radius 3 is 2.89 bits per heavy atom. The standard InChI is InChI=1S/C21H24FN5O/c1-6-17(13-18-9-7-8-11-23-16(18)3)20(22)21-19(28)10-12-27(25-21)15(2)14-24-26(4)5/h6-8,10-14,20H,1-2,9H2,3-5H3. The van der Waals surface area contributed by atoms with Gasteiger partial charge in [-0.1, -0.05) is 31.4 Å². The highest BCUT2D eigenvalue weighted by Gasteiger charge is 2.20. The van der Waals surface area contributed by atoms with Gasteiger partial charge in [0.1, 0.15) is 5.69 Å². The average molecular weight is 381 g/mol. The molecule has 0 fully saturated rings. The maximum Gasteiger partial charge on any atom is 0.206 e. The summed E-state index contributed by atoms with van der Waals surface area (Å²) in [5.41, 5.74) is 1.53. The molecule has 1 aromatic heterocycles. The third-order valence-corrected chi connectivity index (χ3v) is 3.97. The van der Waals surface area contributed by atoms with E-state index in [1.54, 1.807) is 31.4 Å². The number of alkyl halides is 1. The van der Waals surface area contributed by atoms with Gasteiger partial charge < -0.3 is 5.01 Å². The minimum Gasteiger partial charge on any atom is -0.303 e. The van der Waals surface area contributed by atoms with Crippen LogP contribution in [0.1, 0.15) is 25.2 Å². The third-order valence-electron chi connectivity index (χ3n) is 3.97. The van der Waals surface area contributed by atoms with Gasteiger partial charge in [-0.3, -0.25) is 9.79 Å². The summed E-state index contributed by atoms with van der Waals surface area (Å²) in [5, 5.41) is 9.78. The molecule has 0 saturated heterocycles. The number of aliphatic imine (C=N–C) groups is 1.